The van der Waals surface area contributed by atoms with E-state index in [-0.39, 0.29) is 13.1 Å². The van der Waals surface area contributed by atoms with Crippen molar-refractivity contribution in [3.63, 3.8) is 0 Å². The van der Waals surface area contributed by atoms with Gasteiger partial charge in [-0.2, -0.15) is 0 Å². The van der Waals surface area contributed by atoms with Crippen LogP contribution in [-0.2, 0) is 25.7 Å². The maximum absolute atomic E-state index is 12.0. The number of carbonyl (C=O) groups excluding carboxylic acids is 4. The van der Waals surface area contributed by atoms with Crippen LogP contribution in [0.3, 0.4) is 0 Å². The standard InChI is InChI=1S/C17H21N3O6/c1-11(16(23)18-8-12-4-6-13(25-3)7-5-12)26-15(22)10-20-14(21)9-19(2)17(20)24/h4-7,11H,8-10H2,1-3H3,(H,18,23)/t11-/m0/s1. The minimum Gasteiger partial charge on any atom is -0.497 e. The lowest BCUT2D eigenvalue weighted by Crippen LogP contribution is -2.40. The SMILES string of the molecule is COc1ccc(CNC(=O)[C@H](C)OC(=O)CN2C(=O)CN(C)C2=O)cc1. The number of urea groups is 1. The van der Waals surface area contributed by atoms with Crippen molar-refractivity contribution >= 4 is 23.8 Å². The van der Waals surface area contributed by atoms with Crippen molar-refractivity contribution in [2.24, 2.45) is 0 Å². The molecule has 2 rings (SSSR count). The number of likely N-dealkylation sites (N-methyl/N-ethyl adjacent to an activating group) is 1. The highest BCUT2D eigenvalue weighted by Gasteiger charge is 2.35. The third-order valence-corrected chi connectivity index (χ3v) is 3.82. The molecule has 1 fully saturated rings. The van der Waals surface area contributed by atoms with Crippen LogP contribution in [0.25, 0.3) is 0 Å². The molecule has 4 amide bonds. The Morgan fingerprint density at radius 1 is 1.23 bits per heavy atom. The van der Waals surface area contributed by atoms with Gasteiger partial charge in [-0.1, -0.05) is 12.1 Å². The number of hydrogen-bond acceptors (Lipinski definition) is 6. The van der Waals surface area contributed by atoms with Gasteiger partial charge in [0, 0.05) is 13.6 Å². The van der Waals surface area contributed by atoms with Gasteiger partial charge in [-0.3, -0.25) is 19.3 Å². The zero-order valence-corrected chi connectivity index (χ0v) is 14.9. The van der Waals surface area contributed by atoms with E-state index in [9.17, 15) is 19.2 Å². The van der Waals surface area contributed by atoms with Gasteiger partial charge >= 0.3 is 12.0 Å². The van der Waals surface area contributed by atoms with Crippen LogP contribution in [-0.4, -0.2) is 67.0 Å². The zero-order chi connectivity index (χ0) is 19.3. The first kappa shape index (κ1) is 19.2. The normalized spacial score (nSPS) is 15.0. The first-order valence-electron chi connectivity index (χ1n) is 7.97. The summed E-state index contributed by atoms with van der Waals surface area (Å²) in [7, 11) is 3.02. The van der Waals surface area contributed by atoms with Crippen LogP contribution in [0.4, 0.5) is 4.79 Å². The van der Waals surface area contributed by atoms with E-state index in [1.54, 1.807) is 31.4 Å². The lowest BCUT2D eigenvalue weighted by molar-refractivity contribution is -0.156. The van der Waals surface area contributed by atoms with Gasteiger partial charge < -0.3 is 19.7 Å². The predicted molar refractivity (Wildman–Crippen MR) is 90.1 cm³/mol. The Labute approximate surface area is 150 Å². The first-order chi connectivity index (χ1) is 12.3. The maximum Gasteiger partial charge on any atom is 0.327 e. The number of imide groups is 1. The van der Waals surface area contributed by atoms with Crippen LogP contribution in [0.1, 0.15) is 12.5 Å². The molecule has 0 aromatic heterocycles. The molecule has 1 heterocycles. The number of esters is 1. The van der Waals surface area contributed by atoms with E-state index in [4.69, 9.17) is 9.47 Å². The molecule has 0 aliphatic carbocycles. The fourth-order valence-electron chi connectivity index (χ4n) is 2.32. The lowest BCUT2D eigenvalue weighted by Gasteiger charge is -2.16. The van der Waals surface area contributed by atoms with Crippen molar-refractivity contribution in [1.29, 1.82) is 0 Å². The van der Waals surface area contributed by atoms with Crippen LogP contribution in [0.15, 0.2) is 24.3 Å². The van der Waals surface area contributed by atoms with Crippen molar-refractivity contribution in [1.82, 2.24) is 15.1 Å². The molecule has 0 unspecified atom stereocenters. The Morgan fingerprint density at radius 3 is 2.42 bits per heavy atom. The van der Waals surface area contributed by atoms with E-state index in [0.717, 1.165) is 10.5 Å². The van der Waals surface area contributed by atoms with Gasteiger partial charge in [0.25, 0.3) is 11.8 Å². The van der Waals surface area contributed by atoms with Gasteiger partial charge in [0.1, 0.15) is 18.8 Å². The van der Waals surface area contributed by atoms with E-state index in [0.29, 0.717) is 5.75 Å². The summed E-state index contributed by atoms with van der Waals surface area (Å²) >= 11 is 0. The van der Waals surface area contributed by atoms with Crippen LogP contribution in [0, 0.1) is 0 Å². The maximum atomic E-state index is 12.0. The topological polar surface area (TPSA) is 105 Å². The largest absolute Gasteiger partial charge is 0.497 e. The highest BCUT2D eigenvalue weighted by Crippen LogP contribution is 2.11. The third kappa shape index (κ3) is 4.71. The summed E-state index contributed by atoms with van der Waals surface area (Å²) in [5, 5.41) is 2.65. The molecule has 1 saturated heterocycles. The number of carbonyl (C=O) groups is 4. The summed E-state index contributed by atoms with van der Waals surface area (Å²) in [6, 6.07) is 6.58. The highest BCUT2D eigenvalue weighted by molar-refractivity contribution is 6.04. The summed E-state index contributed by atoms with van der Waals surface area (Å²) in [6.07, 6.45) is -1.05. The van der Waals surface area contributed by atoms with Gasteiger partial charge in [0.2, 0.25) is 0 Å². The summed E-state index contributed by atoms with van der Waals surface area (Å²) < 4.78 is 10.0. The number of ether oxygens (including phenoxy) is 2. The number of nitrogens with one attached hydrogen (secondary N) is 1. The second kappa shape index (κ2) is 8.32. The quantitative estimate of drug-likeness (QED) is 0.546. The minimum atomic E-state index is -1.05. The molecule has 140 valence electrons. The molecular formula is C17H21N3O6. The molecule has 9 nitrogen and oxygen atoms in total. The summed E-state index contributed by atoms with van der Waals surface area (Å²) in [6.45, 7) is 1.09. The molecular weight excluding hydrogens is 342 g/mol. The monoisotopic (exact) mass is 363 g/mol. The molecule has 26 heavy (non-hydrogen) atoms. The highest BCUT2D eigenvalue weighted by atomic mass is 16.5. The van der Waals surface area contributed by atoms with Crippen molar-refractivity contribution in [3.8, 4) is 5.75 Å². The number of hydrogen-bond donors (Lipinski definition) is 1. The Kier molecular flexibility index (Phi) is 6.16. The molecule has 1 aromatic rings. The number of nitrogens with zero attached hydrogens (tertiary/aromatic N) is 2. The Morgan fingerprint density at radius 2 is 1.88 bits per heavy atom. The molecule has 1 atom stereocenters. The van der Waals surface area contributed by atoms with E-state index in [1.165, 1.54) is 18.9 Å². The van der Waals surface area contributed by atoms with Gasteiger partial charge in [-0.15, -0.1) is 0 Å². The van der Waals surface area contributed by atoms with Crippen molar-refractivity contribution in [2.75, 3.05) is 27.2 Å². The lowest BCUT2D eigenvalue weighted by atomic mass is 10.2. The fraction of sp³-hybridized carbons (Fsp3) is 0.412. The average Bonchev–Trinajstić information content (AvgIpc) is 2.86. The van der Waals surface area contributed by atoms with Crippen molar-refractivity contribution in [3.05, 3.63) is 29.8 Å². The van der Waals surface area contributed by atoms with Crippen molar-refractivity contribution in [2.45, 2.75) is 19.6 Å². The number of methoxy groups -OCH3 is 1. The second-order valence-corrected chi connectivity index (χ2v) is 5.82. The van der Waals surface area contributed by atoms with Gasteiger partial charge in [-0.05, 0) is 24.6 Å². The van der Waals surface area contributed by atoms with Gasteiger partial charge in [-0.25, -0.2) is 4.79 Å². The van der Waals surface area contributed by atoms with Crippen LogP contribution in [0.2, 0.25) is 0 Å². The van der Waals surface area contributed by atoms with E-state index >= 15 is 0 Å². The summed E-state index contributed by atoms with van der Waals surface area (Å²) in [4.78, 5) is 49.2. The van der Waals surface area contributed by atoms with E-state index in [1.807, 2.05) is 0 Å². The molecule has 0 saturated carbocycles. The Balaban J connectivity index is 1.79. The molecule has 1 N–H and O–H groups in total. The molecule has 1 aliphatic heterocycles. The minimum absolute atomic E-state index is 0.0794. The summed E-state index contributed by atoms with van der Waals surface area (Å²) in [5.41, 5.74) is 0.856. The summed E-state index contributed by atoms with van der Waals surface area (Å²) in [5.74, 6) is -1.08. The van der Waals surface area contributed by atoms with E-state index in [2.05, 4.69) is 5.32 Å². The Bertz CT molecular complexity index is 703. The predicted octanol–water partition coefficient (Wildman–Crippen LogP) is 0.137. The molecule has 0 radical (unpaired) electrons. The third-order valence-electron chi connectivity index (χ3n) is 3.82. The zero-order valence-electron chi connectivity index (χ0n) is 14.9. The van der Waals surface area contributed by atoms with Gasteiger partial charge in [0.15, 0.2) is 6.10 Å². The number of benzene rings is 1. The van der Waals surface area contributed by atoms with E-state index < -0.39 is 36.5 Å². The molecule has 9 heteroatoms. The molecule has 1 aliphatic rings. The average molecular weight is 363 g/mol. The fourth-order valence-corrected chi connectivity index (χ4v) is 2.32. The van der Waals surface area contributed by atoms with Gasteiger partial charge in [0.05, 0.1) is 7.11 Å². The smallest absolute Gasteiger partial charge is 0.327 e. The number of amides is 4. The molecule has 0 spiro atoms. The van der Waals surface area contributed by atoms with Crippen LogP contribution >= 0.6 is 0 Å². The first-order valence-corrected chi connectivity index (χ1v) is 7.97. The van der Waals surface area contributed by atoms with Crippen molar-refractivity contribution < 1.29 is 28.7 Å². The molecule has 0 bridgehead atoms. The van der Waals surface area contributed by atoms with Crippen LogP contribution in [0.5, 0.6) is 5.75 Å². The van der Waals surface area contributed by atoms with Crippen LogP contribution < -0.4 is 10.1 Å². The molecule has 1 aromatic carbocycles. The Hall–Kier alpha value is -3.10. The number of rotatable bonds is 7. The second-order valence-electron chi connectivity index (χ2n) is 5.82.